The Balaban J connectivity index is 0.00000616. The fourth-order valence-corrected chi connectivity index (χ4v) is 12.2. The maximum atomic E-state index is 7.04. The third-order valence-corrected chi connectivity index (χ3v) is 17.3. The van der Waals surface area contributed by atoms with E-state index in [0.29, 0.717) is 11.5 Å². The van der Waals surface area contributed by atoms with E-state index in [4.69, 9.17) is 9.72 Å². The summed E-state index contributed by atoms with van der Waals surface area (Å²) in [6, 6.07) is 68.0. The fourth-order valence-electron chi connectivity index (χ4n) is 11.0. The van der Waals surface area contributed by atoms with Gasteiger partial charge in [0.05, 0.1) is 8.07 Å². The fraction of sp³-hybridized carbons (Fsp3) is 0.217. The minimum absolute atomic E-state index is 0. The molecule has 8 aromatic carbocycles. The minimum Gasteiger partial charge on any atom is -0.509 e. The zero-order valence-electron chi connectivity index (χ0n) is 45.8. The van der Waals surface area contributed by atoms with E-state index in [-0.39, 0.29) is 37.3 Å². The second-order valence-corrected chi connectivity index (χ2v) is 29.8. The van der Waals surface area contributed by atoms with Gasteiger partial charge in [-0.15, -0.1) is 35.7 Å². The van der Waals surface area contributed by atoms with Gasteiger partial charge in [-0.3, -0.25) is 0 Å². The number of aromatic nitrogens is 3. The Morgan fingerprint density at radius 1 is 0.500 bits per heavy atom. The van der Waals surface area contributed by atoms with E-state index >= 15 is 0 Å². The molecule has 0 aliphatic carbocycles. The number of rotatable bonds is 6. The Morgan fingerprint density at radius 2 is 1.07 bits per heavy atom. The molecule has 0 spiro atoms. The monoisotopic (exact) mass is 1190 g/mol. The molecule has 12 rings (SSSR count). The third kappa shape index (κ3) is 8.87. The largest absolute Gasteiger partial charge is 0.509 e. The molecule has 0 saturated heterocycles. The van der Waals surface area contributed by atoms with Crippen LogP contribution in [0.2, 0.25) is 19.6 Å². The smallest absolute Gasteiger partial charge is 0.135 e. The van der Waals surface area contributed by atoms with Crippen molar-refractivity contribution >= 4 is 89.8 Å². The van der Waals surface area contributed by atoms with Crippen LogP contribution in [-0.4, -0.2) is 22.2 Å². The van der Waals surface area contributed by atoms with E-state index < -0.39 is 8.07 Å². The summed E-state index contributed by atoms with van der Waals surface area (Å²) in [7, 11) is -1.96. The predicted octanol–water partition coefficient (Wildman–Crippen LogP) is 18.3. The molecule has 3 aromatic heterocycles. The summed E-state index contributed by atoms with van der Waals surface area (Å²) in [6.45, 7) is 30.2. The topological polar surface area (TPSA) is 35.2 Å². The molecule has 384 valence electrons. The van der Waals surface area contributed by atoms with Crippen LogP contribution in [-0.2, 0) is 37.3 Å². The van der Waals surface area contributed by atoms with Crippen LogP contribution in [0.5, 0.6) is 11.5 Å². The summed E-state index contributed by atoms with van der Waals surface area (Å²) in [6.07, 6.45) is 1.92. The molecule has 7 heteroatoms. The summed E-state index contributed by atoms with van der Waals surface area (Å²) in [4.78, 5) is 7.28. The molecule has 0 unspecified atom stereocenters. The van der Waals surface area contributed by atoms with Gasteiger partial charge < -0.3 is 18.8 Å². The number of para-hydroxylation sites is 3. The van der Waals surface area contributed by atoms with Crippen LogP contribution >= 0.6 is 0 Å². The van der Waals surface area contributed by atoms with E-state index in [9.17, 15) is 0 Å². The van der Waals surface area contributed by atoms with Crippen molar-refractivity contribution in [2.45, 2.75) is 98.2 Å². The molecule has 0 fully saturated rings. The van der Waals surface area contributed by atoms with Gasteiger partial charge in [0.15, 0.2) is 0 Å². The van der Waals surface area contributed by atoms with Gasteiger partial charge in [-0.2, -0.15) is 11.3 Å². The van der Waals surface area contributed by atoms with Crippen LogP contribution in [0.1, 0.15) is 79.0 Å². The Morgan fingerprint density at radius 3 is 1.68 bits per heavy atom. The molecule has 0 N–H and O–H groups in total. The van der Waals surface area contributed by atoms with Gasteiger partial charge in [0.1, 0.15) is 5.82 Å². The number of benzene rings is 8. The van der Waals surface area contributed by atoms with Crippen LogP contribution in [0.4, 0.5) is 11.4 Å². The van der Waals surface area contributed by atoms with Gasteiger partial charge in [-0.05, 0) is 124 Å². The maximum absolute atomic E-state index is 7.04. The second kappa shape index (κ2) is 18.6. The van der Waals surface area contributed by atoms with E-state index in [0.717, 1.165) is 55.4 Å². The first-order valence-electron chi connectivity index (χ1n) is 26.4. The summed E-state index contributed by atoms with van der Waals surface area (Å²) in [5.41, 5.74) is 12.3. The Kier molecular flexibility index (Phi) is 12.5. The standard InChI is InChI=1S/C69H65N4OSi.Pt/c1-67(2,3)45-33-34-70-64(38-45)73-61-29-18-17-25-57(61)58-32-31-49(42-63(58)73)74-50-39-48(40-51(41-50)75(10,11)12)71-43-72-65-52(44-35-46(68(4,5)6)37-47(36-44)69(7,8)9)26-19-27-59(65)55-23-15-13-21-53(55)54-22-14-16-24-56(54)60-28-20-30-62(71)66(60)72;/h13-38,40-41,43H,1-12H3;/q-3;. The van der Waals surface area contributed by atoms with Crippen molar-refractivity contribution < 1.29 is 25.8 Å². The van der Waals surface area contributed by atoms with Gasteiger partial charge in [0.2, 0.25) is 0 Å². The van der Waals surface area contributed by atoms with Crippen molar-refractivity contribution in [3.8, 4) is 28.4 Å². The van der Waals surface area contributed by atoms with E-state index in [1.54, 1.807) is 0 Å². The van der Waals surface area contributed by atoms with Crippen molar-refractivity contribution in [3.05, 3.63) is 205 Å². The average Bonchev–Trinajstić information content (AvgIpc) is 3.94. The van der Waals surface area contributed by atoms with Crippen LogP contribution in [0.3, 0.4) is 0 Å². The van der Waals surface area contributed by atoms with Gasteiger partial charge in [0.25, 0.3) is 0 Å². The van der Waals surface area contributed by atoms with Crippen molar-refractivity contribution in [2.75, 3.05) is 4.90 Å². The van der Waals surface area contributed by atoms with Crippen molar-refractivity contribution in [3.63, 3.8) is 0 Å². The minimum atomic E-state index is -1.96. The number of hydrogen-bond acceptors (Lipinski definition) is 3. The van der Waals surface area contributed by atoms with Crippen LogP contribution < -0.4 is 14.8 Å². The quantitative estimate of drug-likeness (QED) is 0.123. The molecule has 0 amide bonds. The normalized spacial score (nSPS) is 13.0. The van der Waals surface area contributed by atoms with Crippen molar-refractivity contribution in [2.24, 2.45) is 0 Å². The summed E-state index contributed by atoms with van der Waals surface area (Å²) < 4.78 is 11.7. The summed E-state index contributed by atoms with van der Waals surface area (Å²) >= 11 is 0. The molecule has 0 atom stereocenters. The molecular formula is C69H65N4OPtSi-3. The molecule has 4 heterocycles. The van der Waals surface area contributed by atoms with Gasteiger partial charge in [-0.1, -0.05) is 208 Å². The zero-order chi connectivity index (χ0) is 52.3. The molecular weight excluding hydrogens is 1120 g/mol. The van der Waals surface area contributed by atoms with E-state index in [1.807, 2.05) is 12.3 Å². The second-order valence-electron chi connectivity index (χ2n) is 24.7. The Hall–Kier alpha value is -7.11. The predicted molar refractivity (Wildman–Crippen MR) is 321 cm³/mol. The number of pyridine rings is 1. The molecule has 1 aliphatic rings. The zero-order valence-corrected chi connectivity index (χ0v) is 49.0. The average molecular weight is 1190 g/mol. The van der Waals surface area contributed by atoms with Crippen LogP contribution in [0.25, 0.3) is 82.1 Å². The molecule has 1 aliphatic heterocycles. The molecule has 11 aromatic rings. The molecule has 76 heavy (non-hydrogen) atoms. The molecule has 5 nitrogen and oxygen atoms in total. The first-order chi connectivity index (χ1) is 35.7. The SMILES string of the molecule is CC(C)(C)c1cc(-c2cccc3c4ccccc4c4ccccc4c4cccc5c4n(c23)[CH-]N5c2[c-]c(Oc3[c-]c4c(cc3)c3ccccc3n4-c3cc(C(C)(C)C)ccn3)cc([Si](C)(C)C)c2)cc(C(C)(C)C)c1.[Pt]. The third-order valence-electron chi connectivity index (χ3n) is 15.3. The Labute approximate surface area is 463 Å². The summed E-state index contributed by atoms with van der Waals surface area (Å²) in [5.74, 6) is 2.12. The van der Waals surface area contributed by atoms with E-state index in [1.165, 1.54) is 59.9 Å². The number of anilines is 2. The van der Waals surface area contributed by atoms with E-state index in [2.05, 4.69) is 273 Å². The molecule has 0 saturated carbocycles. The van der Waals surface area contributed by atoms with Crippen molar-refractivity contribution in [1.82, 2.24) is 14.1 Å². The van der Waals surface area contributed by atoms with Gasteiger partial charge in [0, 0.05) is 50.0 Å². The van der Waals surface area contributed by atoms with Gasteiger partial charge in [-0.25, -0.2) is 4.98 Å². The maximum Gasteiger partial charge on any atom is 0.135 e. The van der Waals surface area contributed by atoms with Gasteiger partial charge >= 0.3 is 0 Å². The Bertz CT molecular complexity index is 4160. The number of fused-ring (bicyclic) bond motifs is 10. The number of hydrogen-bond donors (Lipinski definition) is 0. The first-order valence-corrected chi connectivity index (χ1v) is 29.9. The number of nitrogens with zero attached hydrogens (tertiary/aromatic N) is 4. The van der Waals surface area contributed by atoms with Crippen LogP contribution in [0, 0.1) is 18.8 Å². The molecule has 0 radical (unpaired) electrons. The first kappa shape index (κ1) is 51.0. The molecule has 0 bridgehead atoms. The summed E-state index contributed by atoms with van der Waals surface area (Å²) in [5, 5.41) is 10.6. The van der Waals surface area contributed by atoms with Crippen LogP contribution in [0.15, 0.2) is 170 Å². The number of ether oxygens (including phenoxy) is 1. The van der Waals surface area contributed by atoms with Crippen molar-refractivity contribution in [1.29, 1.82) is 0 Å².